The van der Waals surface area contributed by atoms with Crippen molar-refractivity contribution in [3.8, 4) is 0 Å². The van der Waals surface area contributed by atoms with Crippen LogP contribution < -0.4 is 5.73 Å². The zero-order chi connectivity index (χ0) is 26.8. The zero-order valence-corrected chi connectivity index (χ0v) is 21.2. The SMILES string of the molecule is Cc1ccc(C(=O)c2cccn2C/C=C/c2ccc(CO[C@@H](C)C(=O)OCC(N)(CO)CO)cc2)cc1. The lowest BCUT2D eigenvalue weighted by Crippen LogP contribution is -2.52. The van der Waals surface area contributed by atoms with Crippen LogP contribution in [-0.2, 0) is 27.4 Å². The van der Waals surface area contributed by atoms with Crippen molar-refractivity contribution < 1.29 is 29.3 Å². The highest BCUT2D eigenvalue weighted by atomic mass is 16.6. The largest absolute Gasteiger partial charge is 0.462 e. The van der Waals surface area contributed by atoms with Gasteiger partial charge in [0.15, 0.2) is 6.10 Å². The molecule has 0 fully saturated rings. The molecule has 3 rings (SSSR count). The van der Waals surface area contributed by atoms with Crippen LogP contribution in [0.4, 0.5) is 0 Å². The number of ketones is 1. The highest BCUT2D eigenvalue weighted by molar-refractivity contribution is 6.08. The van der Waals surface area contributed by atoms with E-state index in [1.807, 2.05) is 90.5 Å². The lowest BCUT2D eigenvalue weighted by molar-refractivity contribution is -0.159. The molecule has 8 nitrogen and oxygen atoms in total. The highest BCUT2D eigenvalue weighted by Crippen LogP contribution is 2.14. The Labute approximate surface area is 216 Å². The normalized spacial score (nSPS) is 12.6. The molecule has 3 aromatic rings. The first-order chi connectivity index (χ1) is 17.7. The minimum atomic E-state index is -1.38. The third kappa shape index (κ3) is 7.96. The van der Waals surface area contributed by atoms with Crippen molar-refractivity contribution in [2.75, 3.05) is 19.8 Å². The summed E-state index contributed by atoms with van der Waals surface area (Å²) in [5.74, 6) is -0.633. The van der Waals surface area contributed by atoms with Gasteiger partial charge in [0.2, 0.25) is 5.78 Å². The van der Waals surface area contributed by atoms with Crippen molar-refractivity contribution in [3.05, 3.63) is 101 Å². The first-order valence-electron chi connectivity index (χ1n) is 12.1. The van der Waals surface area contributed by atoms with Crippen LogP contribution in [0.2, 0.25) is 0 Å². The van der Waals surface area contributed by atoms with Gasteiger partial charge in [0.05, 0.1) is 31.1 Å². The minimum Gasteiger partial charge on any atom is -0.462 e. The van der Waals surface area contributed by atoms with Crippen molar-refractivity contribution in [1.29, 1.82) is 0 Å². The van der Waals surface area contributed by atoms with Crippen molar-refractivity contribution in [3.63, 3.8) is 0 Å². The van der Waals surface area contributed by atoms with Crippen LogP contribution in [0, 0.1) is 6.92 Å². The number of aliphatic hydroxyl groups excluding tert-OH is 2. The lowest BCUT2D eigenvalue weighted by Gasteiger charge is -2.24. The standard InChI is InChI=1S/C29H34N2O6/c1-21-7-13-25(14-8-21)27(34)26-6-4-16-31(26)15-3-5-23-9-11-24(12-10-23)17-36-22(2)28(35)37-20-29(30,18-32)19-33/h3-14,16,22,32-33H,15,17-20,30H2,1-2H3/b5-3+/t22-/m0/s1. The Kier molecular flexibility index (Phi) is 9.93. The molecule has 0 radical (unpaired) electrons. The summed E-state index contributed by atoms with van der Waals surface area (Å²) in [7, 11) is 0. The summed E-state index contributed by atoms with van der Waals surface area (Å²) in [6.45, 7) is 3.00. The second kappa shape index (κ2) is 13.1. The fourth-order valence-corrected chi connectivity index (χ4v) is 3.42. The van der Waals surface area contributed by atoms with Crippen LogP contribution in [0.5, 0.6) is 0 Å². The van der Waals surface area contributed by atoms with Crippen LogP contribution in [0.25, 0.3) is 6.08 Å². The quantitative estimate of drug-likeness (QED) is 0.241. The molecule has 0 aliphatic carbocycles. The van der Waals surface area contributed by atoms with Crippen molar-refractivity contribution in [2.45, 2.75) is 38.6 Å². The van der Waals surface area contributed by atoms with Crippen molar-refractivity contribution in [2.24, 2.45) is 5.73 Å². The molecule has 37 heavy (non-hydrogen) atoms. The Morgan fingerprint density at radius 3 is 2.38 bits per heavy atom. The fourth-order valence-electron chi connectivity index (χ4n) is 3.42. The van der Waals surface area contributed by atoms with E-state index in [1.54, 1.807) is 6.92 Å². The van der Waals surface area contributed by atoms with E-state index >= 15 is 0 Å². The second-order valence-corrected chi connectivity index (χ2v) is 9.12. The van der Waals surface area contributed by atoms with Crippen LogP contribution in [0.15, 0.2) is 72.9 Å². The van der Waals surface area contributed by atoms with Crippen LogP contribution >= 0.6 is 0 Å². The van der Waals surface area contributed by atoms with Gasteiger partial charge >= 0.3 is 5.97 Å². The summed E-state index contributed by atoms with van der Waals surface area (Å²) >= 11 is 0. The number of carbonyl (C=O) groups is 2. The maximum absolute atomic E-state index is 12.9. The Balaban J connectivity index is 1.49. The van der Waals surface area contributed by atoms with Gasteiger partial charge in [-0.05, 0) is 37.1 Å². The van der Waals surface area contributed by atoms with Gasteiger partial charge in [-0.2, -0.15) is 0 Å². The fraction of sp³-hybridized carbons (Fsp3) is 0.310. The molecule has 0 spiro atoms. The summed E-state index contributed by atoms with van der Waals surface area (Å²) in [5, 5.41) is 18.3. The maximum Gasteiger partial charge on any atom is 0.335 e. The molecule has 0 amide bonds. The van der Waals surface area contributed by atoms with Crippen LogP contribution in [0.3, 0.4) is 0 Å². The number of aliphatic hydroxyl groups is 2. The van der Waals surface area contributed by atoms with Gasteiger partial charge in [-0.1, -0.05) is 66.2 Å². The summed E-state index contributed by atoms with van der Waals surface area (Å²) in [6.07, 6.45) is 5.02. The molecule has 1 heterocycles. The zero-order valence-electron chi connectivity index (χ0n) is 21.2. The molecule has 0 aliphatic heterocycles. The number of esters is 1. The smallest absolute Gasteiger partial charge is 0.335 e. The number of nitrogens with zero attached hydrogens (tertiary/aromatic N) is 1. The van der Waals surface area contributed by atoms with Crippen LogP contribution in [-0.4, -0.2) is 58.0 Å². The summed E-state index contributed by atoms with van der Waals surface area (Å²) < 4.78 is 12.5. The van der Waals surface area contributed by atoms with E-state index in [9.17, 15) is 19.8 Å². The van der Waals surface area contributed by atoms with E-state index in [1.165, 1.54) is 0 Å². The van der Waals surface area contributed by atoms with Gasteiger partial charge in [-0.15, -0.1) is 0 Å². The third-order valence-electron chi connectivity index (χ3n) is 5.93. The highest BCUT2D eigenvalue weighted by Gasteiger charge is 2.27. The number of hydrogen-bond acceptors (Lipinski definition) is 7. The molecule has 8 heteroatoms. The maximum atomic E-state index is 12.9. The number of rotatable bonds is 13. The molecule has 196 valence electrons. The molecule has 0 saturated heterocycles. The van der Waals surface area contributed by atoms with Gasteiger partial charge in [0, 0.05) is 18.3 Å². The summed E-state index contributed by atoms with van der Waals surface area (Å²) in [5.41, 5.74) is 8.60. The summed E-state index contributed by atoms with van der Waals surface area (Å²) in [6, 6.07) is 18.9. The first kappa shape index (κ1) is 28.0. The molecule has 0 bridgehead atoms. The third-order valence-corrected chi connectivity index (χ3v) is 5.93. The lowest BCUT2D eigenvalue weighted by atomic mass is 10.1. The topological polar surface area (TPSA) is 124 Å². The van der Waals surface area contributed by atoms with E-state index in [0.717, 1.165) is 16.7 Å². The molecule has 4 N–H and O–H groups in total. The van der Waals surface area contributed by atoms with E-state index in [4.69, 9.17) is 15.2 Å². The molecule has 1 aromatic heterocycles. The molecule has 1 atom stereocenters. The molecule has 0 unspecified atom stereocenters. The van der Waals surface area contributed by atoms with E-state index < -0.39 is 30.8 Å². The molecular formula is C29H34N2O6. The number of nitrogens with two attached hydrogens (primary N) is 1. The Hall–Kier alpha value is -3.56. The number of benzene rings is 2. The van der Waals surface area contributed by atoms with Crippen molar-refractivity contribution >= 4 is 17.8 Å². The molecule has 0 aliphatic rings. The van der Waals surface area contributed by atoms with E-state index in [2.05, 4.69) is 0 Å². The molecule has 2 aromatic carbocycles. The van der Waals surface area contributed by atoms with Crippen molar-refractivity contribution in [1.82, 2.24) is 4.57 Å². The van der Waals surface area contributed by atoms with Gasteiger partial charge in [-0.3, -0.25) is 4.79 Å². The Morgan fingerprint density at radius 1 is 1.05 bits per heavy atom. The average Bonchev–Trinajstić information content (AvgIpc) is 3.39. The van der Waals surface area contributed by atoms with E-state index in [-0.39, 0.29) is 19.0 Å². The molecular weight excluding hydrogens is 472 g/mol. The number of allylic oxidation sites excluding steroid dienone is 1. The van der Waals surface area contributed by atoms with Gasteiger partial charge in [-0.25, -0.2) is 4.79 Å². The minimum absolute atomic E-state index is 0.00925. The van der Waals surface area contributed by atoms with Crippen LogP contribution in [0.1, 0.15) is 39.7 Å². The predicted octanol–water partition coefficient (Wildman–Crippen LogP) is 2.87. The molecule has 0 saturated carbocycles. The predicted molar refractivity (Wildman–Crippen MR) is 141 cm³/mol. The monoisotopic (exact) mass is 506 g/mol. The first-order valence-corrected chi connectivity index (χ1v) is 12.1. The number of aromatic nitrogens is 1. The van der Waals surface area contributed by atoms with Gasteiger partial charge < -0.3 is 30.0 Å². The Morgan fingerprint density at radius 2 is 1.73 bits per heavy atom. The van der Waals surface area contributed by atoms with Gasteiger partial charge in [0.1, 0.15) is 6.61 Å². The Bertz CT molecular complexity index is 1190. The summed E-state index contributed by atoms with van der Waals surface area (Å²) in [4.78, 5) is 24.9. The number of aryl methyl sites for hydroxylation is 1. The van der Waals surface area contributed by atoms with Gasteiger partial charge in [0.25, 0.3) is 0 Å². The number of hydrogen-bond donors (Lipinski definition) is 3. The number of carbonyl (C=O) groups excluding carboxylic acids is 2. The van der Waals surface area contributed by atoms with E-state index in [0.29, 0.717) is 17.8 Å². The number of ether oxygens (including phenoxy) is 2. The second-order valence-electron chi connectivity index (χ2n) is 9.12. The average molecular weight is 507 g/mol.